The van der Waals surface area contributed by atoms with E-state index in [0.717, 1.165) is 11.1 Å². The average Bonchev–Trinajstić information content (AvgIpc) is 2.81. The first-order chi connectivity index (χ1) is 15.1. The van der Waals surface area contributed by atoms with E-state index in [4.69, 9.17) is 18.9 Å². The van der Waals surface area contributed by atoms with Crippen LogP contribution in [-0.2, 0) is 4.79 Å². The number of methoxy groups -OCH3 is 2. The maximum absolute atomic E-state index is 12.2. The van der Waals surface area contributed by atoms with Crippen molar-refractivity contribution >= 4 is 17.6 Å². The van der Waals surface area contributed by atoms with E-state index in [1.54, 1.807) is 61.7 Å². The second kappa shape index (κ2) is 10.5. The molecule has 0 aliphatic carbocycles. The molecule has 31 heavy (non-hydrogen) atoms. The van der Waals surface area contributed by atoms with E-state index >= 15 is 0 Å². The topological polar surface area (TPSA) is 77.8 Å². The summed E-state index contributed by atoms with van der Waals surface area (Å²) in [6.07, 6.45) is 1.73. The fourth-order valence-electron chi connectivity index (χ4n) is 2.82. The van der Waals surface area contributed by atoms with Crippen LogP contribution in [0.1, 0.15) is 11.1 Å². The maximum atomic E-state index is 12.2. The lowest BCUT2D eigenvalue weighted by Gasteiger charge is -2.10. The molecule has 0 spiro atoms. The number of carbonyl (C=O) groups is 1. The normalized spacial score (nSPS) is 10.7. The number of hydrogen-bond donors (Lipinski definition) is 0. The highest BCUT2D eigenvalue weighted by atomic mass is 16.6. The van der Waals surface area contributed by atoms with Crippen molar-refractivity contribution < 1.29 is 23.7 Å². The van der Waals surface area contributed by atoms with Crippen LogP contribution in [0.25, 0.3) is 11.6 Å². The third kappa shape index (κ3) is 5.87. The Balaban J connectivity index is 1.68. The molecule has 0 bridgehead atoms. The van der Waals surface area contributed by atoms with E-state index in [0.29, 0.717) is 28.6 Å². The Morgan fingerprint density at radius 3 is 2.32 bits per heavy atom. The van der Waals surface area contributed by atoms with Crippen LogP contribution in [0.5, 0.6) is 23.0 Å². The zero-order valence-electron chi connectivity index (χ0n) is 17.2. The van der Waals surface area contributed by atoms with Gasteiger partial charge in [0.1, 0.15) is 11.5 Å². The summed E-state index contributed by atoms with van der Waals surface area (Å²) in [5.41, 5.74) is 1.96. The fraction of sp³-hybridized carbons (Fsp3) is 0.120. The first kappa shape index (κ1) is 21.5. The predicted octanol–water partition coefficient (Wildman–Crippen LogP) is 4.75. The summed E-state index contributed by atoms with van der Waals surface area (Å²) >= 11 is 0. The molecule has 6 nitrogen and oxygen atoms in total. The van der Waals surface area contributed by atoms with Crippen LogP contribution < -0.4 is 18.9 Å². The Morgan fingerprint density at radius 1 is 0.903 bits per heavy atom. The van der Waals surface area contributed by atoms with Gasteiger partial charge in [-0.05, 0) is 65.7 Å². The molecule has 0 saturated carbocycles. The Morgan fingerprint density at radius 2 is 1.65 bits per heavy atom. The van der Waals surface area contributed by atoms with E-state index in [2.05, 4.69) is 6.07 Å². The van der Waals surface area contributed by atoms with Crippen LogP contribution in [0.2, 0.25) is 0 Å². The molecule has 156 valence electrons. The van der Waals surface area contributed by atoms with Crippen molar-refractivity contribution in [1.29, 1.82) is 5.26 Å². The number of esters is 1. The fourth-order valence-corrected chi connectivity index (χ4v) is 2.82. The van der Waals surface area contributed by atoms with Gasteiger partial charge >= 0.3 is 5.97 Å². The highest BCUT2D eigenvalue weighted by molar-refractivity contribution is 5.90. The number of allylic oxidation sites excluding steroid dienone is 1. The minimum Gasteiger partial charge on any atom is -0.497 e. The number of hydrogen-bond acceptors (Lipinski definition) is 6. The van der Waals surface area contributed by atoms with E-state index < -0.39 is 5.97 Å². The zero-order chi connectivity index (χ0) is 22.1. The van der Waals surface area contributed by atoms with Gasteiger partial charge in [-0.2, -0.15) is 5.26 Å². The summed E-state index contributed by atoms with van der Waals surface area (Å²) in [4.78, 5) is 12.2. The number of rotatable bonds is 8. The van der Waals surface area contributed by atoms with Gasteiger partial charge in [0.25, 0.3) is 0 Å². The number of para-hydroxylation sites is 2. The third-order valence-corrected chi connectivity index (χ3v) is 4.34. The number of nitriles is 1. The largest absolute Gasteiger partial charge is 0.497 e. The summed E-state index contributed by atoms with van der Waals surface area (Å²) in [6, 6.07) is 23.4. The molecule has 3 aromatic rings. The summed E-state index contributed by atoms with van der Waals surface area (Å²) in [5.74, 6) is 1.50. The Kier molecular flexibility index (Phi) is 7.28. The van der Waals surface area contributed by atoms with Gasteiger partial charge in [-0.1, -0.05) is 24.3 Å². The van der Waals surface area contributed by atoms with E-state index in [-0.39, 0.29) is 6.61 Å². The second-order valence-electron chi connectivity index (χ2n) is 6.38. The Bertz CT molecular complexity index is 1110. The molecule has 0 aromatic heterocycles. The van der Waals surface area contributed by atoms with Crippen LogP contribution in [-0.4, -0.2) is 26.8 Å². The molecule has 0 radical (unpaired) electrons. The summed E-state index contributed by atoms with van der Waals surface area (Å²) in [7, 11) is 3.12. The lowest BCUT2D eigenvalue weighted by molar-refractivity contribution is -0.136. The first-order valence-corrected chi connectivity index (χ1v) is 9.45. The van der Waals surface area contributed by atoms with Gasteiger partial charge in [0, 0.05) is 0 Å². The number of carbonyl (C=O) groups excluding carboxylic acids is 1. The molecule has 0 atom stereocenters. The van der Waals surface area contributed by atoms with Gasteiger partial charge < -0.3 is 18.9 Å². The smallest absolute Gasteiger partial charge is 0.349 e. The molecule has 0 N–H and O–H groups in total. The maximum Gasteiger partial charge on any atom is 0.349 e. The minimum absolute atomic E-state index is 0.268. The molecular weight excluding hydrogens is 394 g/mol. The molecule has 0 aliphatic heterocycles. The van der Waals surface area contributed by atoms with Crippen LogP contribution in [0, 0.1) is 11.3 Å². The van der Waals surface area contributed by atoms with Gasteiger partial charge in [-0.25, -0.2) is 4.79 Å². The molecule has 0 fully saturated rings. The molecule has 0 saturated heterocycles. The predicted molar refractivity (Wildman–Crippen MR) is 117 cm³/mol. The highest BCUT2D eigenvalue weighted by Gasteiger charge is 2.10. The number of benzene rings is 3. The van der Waals surface area contributed by atoms with Crippen molar-refractivity contribution in [1.82, 2.24) is 0 Å². The van der Waals surface area contributed by atoms with Crippen LogP contribution in [0.3, 0.4) is 0 Å². The standard InChI is InChI=1S/C25H21NO5/c1-28-21-12-10-19(11-13-21)20(16-26)14-18-6-5-7-22(15-18)31-25(27)17-30-24-9-4-3-8-23(24)29-2/h3-15H,17H2,1-2H3/b20-14-. The average molecular weight is 415 g/mol. The Hall–Kier alpha value is -4.24. The molecular formula is C25H21NO5. The van der Waals surface area contributed by atoms with Gasteiger partial charge in [0.2, 0.25) is 0 Å². The Labute approximate surface area is 180 Å². The minimum atomic E-state index is -0.553. The lowest BCUT2D eigenvalue weighted by atomic mass is 10.0. The molecule has 0 amide bonds. The van der Waals surface area contributed by atoms with Gasteiger partial charge in [0.15, 0.2) is 18.1 Å². The molecule has 0 unspecified atom stereocenters. The van der Waals surface area contributed by atoms with Gasteiger partial charge in [-0.3, -0.25) is 0 Å². The summed E-state index contributed by atoms with van der Waals surface area (Å²) < 4.78 is 21.2. The lowest BCUT2D eigenvalue weighted by Crippen LogP contribution is -2.17. The van der Waals surface area contributed by atoms with Crippen molar-refractivity contribution in [2.45, 2.75) is 0 Å². The van der Waals surface area contributed by atoms with Crippen LogP contribution >= 0.6 is 0 Å². The van der Waals surface area contributed by atoms with Crippen molar-refractivity contribution in [3.05, 3.63) is 83.9 Å². The molecule has 0 heterocycles. The van der Waals surface area contributed by atoms with Crippen LogP contribution in [0.4, 0.5) is 0 Å². The highest BCUT2D eigenvalue weighted by Crippen LogP contribution is 2.26. The zero-order valence-corrected chi connectivity index (χ0v) is 17.2. The van der Waals surface area contributed by atoms with Crippen LogP contribution in [0.15, 0.2) is 72.8 Å². The number of ether oxygens (including phenoxy) is 4. The molecule has 0 aliphatic rings. The van der Waals surface area contributed by atoms with Crippen molar-refractivity contribution in [3.8, 4) is 29.1 Å². The second-order valence-corrected chi connectivity index (χ2v) is 6.38. The van der Waals surface area contributed by atoms with Crippen molar-refractivity contribution in [3.63, 3.8) is 0 Å². The monoisotopic (exact) mass is 415 g/mol. The first-order valence-electron chi connectivity index (χ1n) is 9.45. The molecule has 3 aromatic carbocycles. The summed E-state index contributed by atoms with van der Waals surface area (Å²) in [6.45, 7) is -0.268. The van der Waals surface area contributed by atoms with E-state index in [1.165, 1.54) is 7.11 Å². The summed E-state index contributed by atoms with van der Waals surface area (Å²) in [5, 5.41) is 9.54. The van der Waals surface area contributed by atoms with E-state index in [1.807, 2.05) is 24.3 Å². The van der Waals surface area contributed by atoms with Crippen molar-refractivity contribution in [2.75, 3.05) is 20.8 Å². The van der Waals surface area contributed by atoms with Crippen molar-refractivity contribution in [2.24, 2.45) is 0 Å². The third-order valence-electron chi connectivity index (χ3n) is 4.34. The van der Waals surface area contributed by atoms with Gasteiger partial charge in [-0.15, -0.1) is 0 Å². The number of nitrogens with zero attached hydrogens (tertiary/aromatic N) is 1. The SMILES string of the molecule is COc1ccc(/C(C#N)=C\c2cccc(OC(=O)COc3ccccc3OC)c2)cc1. The molecule has 6 heteroatoms. The molecule has 3 rings (SSSR count). The quantitative estimate of drug-likeness (QED) is 0.229. The van der Waals surface area contributed by atoms with Gasteiger partial charge in [0.05, 0.1) is 25.9 Å². The van der Waals surface area contributed by atoms with E-state index in [9.17, 15) is 10.1 Å².